The van der Waals surface area contributed by atoms with E-state index >= 15 is 0 Å². The first kappa shape index (κ1) is 34.4. The number of carbonyl (C=O) groups excluding carboxylic acids is 2. The second-order valence-electron chi connectivity index (χ2n) is 12.4. The molecule has 2 atom stereocenters. The number of esters is 2. The topological polar surface area (TPSA) is 132 Å². The van der Waals surface area contributed by atoms with Crippen LogP contribution in [0.2, 0.25) is 0 Å². The van der Waals surface area contributed by atoms with Crippen LogP contribution in [-0.2, 0) is 28.7 Å². The fourth-order valence-corrected chi connectivity index (χ4v) is 7.60. The number of nitrogens with zero attached hydrogens (tertiary/aromatic N) is 2. The molecule has 234 valence electrons. The Bertz CT molecular complexity index is 1450. The first-order chi connectivity index (χ1) is 20.2. The van der Waals surface area contributed by atoms with Gasteiger partial charge in [-0.1, -0.05) is 76.2 Å². The number of carbonyl (C=O) groups is 2. The largest absolute Gasteiger partial charge is 0.465 e. The van der Waals surface area contributed by atoms with Crippen molar-refractivity contribution >= 4 is 44.4 Å². The van der Waals surface area contributed by atoms with Crippen molar-refractivity contribution < 1.29 is 31.8 Å². The van der Waals surface area contributed by atoms with Crippen molar-refractivity contribution in [1.29, 1.82) is 5.26 Å². The summed E-state index contributed by atoms with van der Waals surface area (Å²) in [5.41, 5.74) is 0.0817. The van der Waals surface area contributed by atoms with Crippen molar-refractivity contribution in [2.45, 2.75) is 80.1 Å². The molecule has 1 saturated carbocycles. The number of benzene rings is 1. The Kier molecular flexibility index (Phi) is 11.3. The van der Waals surface area contributed by atoms with Gasteiger partial charge >= 0.3 is 22.1 Å². The second-order valence-corrected chi connectivity index (χ2v) is 15.1. The van der Waals surface area contributed by atoms with E-state index in [-0.39, 0.29) is 58.4 Å². The Hall–Kier alpha value is -3.10. The van der Waals surface area contributed by atoms with Gasteiger partial charge in [0.05, 0.1) is 35.5 Å². The molecular formula is C32H42N2O7S2. The molecule has 43 heavy (non-hydrogen) atoms. The van der Waals surface area contributed by atoms with E-state index in [0.717, 1.165) is 37.4 Å². The summed E-state index contributed by atoms with van der Waals surface area (Å²) in [7, 11) is -4.05. The molecule has 0 amide bonds. The number of rotatable bonds is 12. The van der Waals surface area contributed by atoms with Gasteiger partial charge in [-0.05, 0) is 68.1 Å². The molecule has 1 aliphatic carbocycles. The molecule has 1 aromatic carbocycles. The third-order valence-electron chi connectivity index (χ3n) is 8.15. The van der Waals surface area contributed by atoms with Gasteiger partial charge in [0.15, 0.2) is 0 Å². The summed E-state index contributed by atoms with van der Waals surface area (Å²) in [6.45, 7) is 12.5. The van der Waals surface area contributed by atoms with E-state index < -0.39 is 21.5 Å². The molecule has 1 aliphatic heterocycles. The number of hydrogen-bond donors (Lipinski definition) is 0. The third-order valence-corrected chi connectivity index (χ3v) is 10.2. The Labute approximate surface area is 259 Å². The monoisotopic (exact) mass is 630 g/mol. The lowest BCUT2D eigenvalue weighted by atomic mass is 9.59. The number of thioether (sulfide) groups is 1. The van der Waals surface area contributed by atoms with Crippen molar-refractivity contribution in [3.8, 4) is 6.07 Å². The number of allylic oxidation sites excluding steroid dienone is 2. The van der Waals surface area contributed by atoms with Gasteiger partial charge in [0.25, 0.3) is 0 Å². The smallest absolute Gasteiger partial charge is 0.338 e. The SMILES string of the molecule is CCOC(=O)c1ccccc1C(C#N)=C1C=CC(=NOS(=O)(=O)CCCOC(=O)C2(CC(C)(C)C)CCCC2(C)CC)S1. The lowest BCUT2D eigenvalue weighted by molar-refractivity contribution is -0.166. The maximum absolute atomic E-state index is 13.5. The standard InChI is InChI=1S/C32H42N2O7S2/c1-7-31(6)17-11-18-32(31,22-30(3,4)5)29(36)40-19-12-20-43(37,38)41-34-27-16-15-26(42-27)25(21-33)23-13-9-10-14-24(23)28(35)39-8-2/h9-10,13-16H,7-8,11-12,17-20,22H2,1-6H3. The van der Waals surface area contributed by atoms with Gasteiger partial charge in [-0.25, -0.2) is 4.79 Å². The number of ether oxygens (including phenoxy) is 2. The Morgan fingerprint density at radius 1 is 1.09 bits per heavy atom. The zero-order valence-corrected chi connectivity index (χ0v) is 27.5. The minimum atomic E-state index is -4.05. The molecule has 2 unspecified atom stereocenters. The van der Waals surface area contributed by atoms with Crippen LogP contribution in [0.5, 0.6) is 0 Å². The van der Waals surface area contributed by atoms with Crippen LogP contribution in [0.15, 0.2) is 46.5 Å². The highest BCUT2D eigenvalue weighted by Crippen LogP contribution is 2.60. The lowest BCUT2D eigenvalue weighted by Crippen LogP contribution is -2.45. The van der Waals surface area contributed by atoms with Crippen LogP contribution in [0, 0.1) is 27.6 Å². The van der Waals surface area contributed by atoms with Crippen LogP contribution < -0.4 is 0 Å². The molecule has 0 bridgehead atoms. The van der Waals surface area contributed by atoms with Crippen molar-refractivity contribution in [3.63, 3.8) is 0 Å². The summed E-state index contributed by atoms with van der Waals surface area (Å²) in [5, 5.41) is 13.8. The van der Waals surface area contributed by atoms with Gasteiger partial charge in [-0.2, -0.15) is 13.7 Å². The highest BCUT2D eigenvalue weighted by atomic mass is 32.2. The first-order valence-electron chi connectivity index (χ1n) is 14.6. The molecule has 0 saturated heterocycles. The van der Waals surface area contributed by atoms with E-state index in [1.54, 1.807) is 37.3 Å². The average Bonchev–Trinajstić information content (AvgIpc) is 3.55. The molecular weight excluding hydrogens is 588 g/mol. The predicted octanol–water partition coefficient (Wildman–Crippen LogP) is 7.02. The Morgan fingerprint density at radius 3 is 2.42 bits per heavy atom. The van der Waals surface area contributed by atoms with Crippen molar-refractivity contribution in [2.75, 3.05) is 19.0 Å². The van der Waals surface area contributed by atoms with E-state index in [1.165, 1.54) is 6.08 Å². The third kappa shape index (κ3) is 8.30. The second kappa shape index (κ2) is 14.1. The molecule has 0 radical (unpaired) electrons. The molecule has 0 N–H and O–H groups in total. The zero-order valence-electron chi connectivity index (χ0n) is 25.9. The molecule has 2 aliphatic rings. The van der Waals surface area contributed by atoms with Crippen LogP contribution in [-0.4, -0.2) is 44.4 Å². The summed E-state index contributed by atoms with van der Waals surface area (Å²) in [4.78, 5) is 26.3. The summed E-state index contributed by atoms with van der Waals surface area (Å²) >= 11 is 1.05. The lowest BCUT2D eigenvalue weighted by Gasteiger charge is -2.44. The highest BCUT2D eigenvalue weighted by Gasteiger charge is 2.57. The molecule has 3 rings (SSSR count). The normalized spacial score (nSPS) is 24.1. The maximum Gasteiger partial charge on any atom is 0.338 e. The van der Waals surface area contributed by atoms with Gasteiger partial charge in [-0.15, -0.1) is 0 Å². The fraction of sp³-hybridized carbons (Fsp3) is 0.562. The van der Waals surface area contributed by atoms with Crippen LogP contribution in [0.3, 0.4) is 0 Å². The van der Waals surface area contributed by atoms with Crippen molar-refractivity contribution in [3.05, 3.63) is 52.4 Å². The minimum absolute atomic E-state index is 0.0311. The molecule has 1 fully saturated rings. The molecule has 0 aromatic heterocycles. The van der Waals surface area contributed by atoms with Crippen LogP contribution >= 0.6 is 11.8 Å². The summed E-state index contributed by atoms with van der Waals surface area (Å²) in [6, 6.07) is 8.74. The number of oxime groups is 1. The molecule has 1 aromatic rings. The van der Waals surface area contributed by atoms with Gasteiger partial charge in [0.2, 0.25) is 0 Å². The first-order valence-corrected chi connectivity index (χ1v) is 17.0. The quantitative estimate of drug-likeness (QED) is 0.103. The van der Waals surface area contributed by atoms with Crippen LogP contribution in [0.4, 0.5) is 0 Å². The van der Waals surface area contributed by atoms with Gasteiger partial charge in [-0.3, -0.25) is 9.08 Å². The Balaban J connectivity index is 1.61. The van der Waals surface area contributed by atoms with E-state index in [9.17, 15) is 23.3 Å². The van der Waals surface area contributed by atoms with E-state index in [2.05, 4.69) is 45.8 Å². The predicted molar refractivity (Wildman–Crippen MR) is 168 cm³/mol. The van der Waals surface area contributed by atoms with Gasteiger partial charge in [0.1, 0.15) is 11.1 Å². The number of hydrogen-bond acceptors (Lipinski definition) is 10. The molecule has 11 heteroatoms. The highest BCUT2D eigenvalue weighted by molar-refractivity contribution is 8.18. The Morgan fingerprint density at radius 2 is 1.79 bits per heavy atom. The van der Waals surface area contributed by atoms with Crippen LogP contribution in [0.1, 0.15) is 96.0 Å². The average molecular weight is 631 g/mol. The van der Waals surface area contributed by atoms with Crippen LogP contribution in [0.25, 0.3) is 5.57 Å². The summed E-state index contributed by atoms with van der Waals surface area (Å²) < 4.78 is 40.8. The van der Waals surface area contributed by atoms with E-state index in [1.807, 2.05) is 0 Å². The summed E-state index contributed by atoms with van der Waals surface area (Å²) in [6.07, 6.45) is 7.51. The molecule has 1 heterocycles. The molecule has 9 nitrogen and oxygen atoms in total. The fourth-order valence-electron chi connectivity index (χ4n) is 5.98. The van der Waals surface area contributed by atoms with Crippen molar-refractivity contribution in [2.24, 2.45) is 21.4 Å². The maximum atomic E-state index is 13.5. The molecule has 0 spiro atoms. The van der Waals surface area contributed by atoms with Gasteiger partial charge in [0, 0.05) is 10.5 Å². The zero-order chi connectivity index (χ0) is 31.9. The minimum Gasteiger partial charge on any atom is -0.465 e. The summed E-state index contributed by atoms with van der Waals surface area (Å²) in [5.74, 6) is -1.16. The number of nitriles is 1. The van der Waals surface area contributed by atoms with E-state index in [0.29, 0.717) is 16.9 Å². The van der Waals surface area contributed by atoms with E-state index in [4.69, 9.17) is 13.8 Å². The van der Waals surface area contributed by atoms with Crippen molar-refractivity contribution in [1.82, 2.24) is 0 Å². The van der Waals surface area contributed by atoms with Gasteiger partial charge < -0.3 is 9.47 Å².